The summed E-state index contributed by atoms with van der Waals surface area (Å²) >= 11 is 0. The molecule has 0 aliphatic heterocycles. The molecule has 0 spiro atoms. The molecule has 9 heteroatoms. The van der Waals surface area contributed by atoms with Crippen molar-refractivity contribution < 1.29 is 29.6 Å². The van der Waals surface area contributed by atoms with Gasteiger partial charge in [0.1, 0.15) is 24.2 Å². The number of aliphatic hydroxyl groups excluding tert-OH is 3. The number of phenols is 1. The number of aryl methyl sites for hydroxylation is 3. The summed E-state index contributed by atoms with van der Waals surface area (Å²) in [6.07, 6.45) is 8.28. The molecule has 0 aliphatic rings. The van der Waals surface area contributed by atoms with E-state index in [1.807, 2.05) is 24.4 Å². The van der Waals surface area contributed by atoms with E-state index in [-0.39, 0.29) is 24.9 Å². The molecule has 0 amide bonds. The third-order valence-corrected chi connectivity index (χ3v) is 7.35. The number of nitrogens with two attached hydrogens (primary N) is 1. The zero-order valence-electron chi connectivity index (χ0n) is 24.6. The predicted octanol–water partition coefficient (Wildman–Crippen LogP) is 4.23. The van der Waals surface area contributed by atoms with Crippen molar-refractivity contribution in [1.29, 1.82) is 0 Å². The molecule has 3 atom stereocenters. The number of unbranched alkanes of at least 4 members (excludes halogenated alkanes) is 4. The summed E-state index contributed by atoms with van der Waals surface area (Å²) in [6.45, 7) is 5.76. The summed E-state index contributed by atoms with van der Waals surface area (Å²) in [4.78, 5) is 3.12. The summed E-state index contributed by atoms with van der Waals surface area (Å²) in [5.41, 5.74) is 9.07. The van der Waals surface area contributed by atoms with Crippen LogP contribution in [0.25, 0.3) is 0 Å². The second-order valence-electron chi connectivity index (χ2n) is 11.1. The van der Waals surface area contributed by atoms with Crippen LogP contribution in [0.15, 0.2) is 40.9 Å². The van der Waals surface area contributed by atoms with E-state index in [1.165, 1.54) is 0 Å². The van der Waals surface area contributed by atoms with E-state index in [0.717, 1.165) is 73.3 Å². The molecule has 1 aromatic carbocycles. The van der Waals surface area contributed by atoms with Crippen molar-refractivity contribution in [2.75, 3.05) is 26.2 Å². The highest BCUT2D eigenvalue weighted by molar-refractivity contribution is 5.42. The standard InChI is InChI=1S/C32H49N3O6/c1-22(17-34-18-23(2)37)25-16-28(35-19-25)30(39)21-40-32-14-24(10-12-29(32)38)9-11-27-15-26(20-36)31(41-27)8-6-4-3-5-7-13-33/h10,12,14-16,19,22-23,30,34-39H,3-9,11,13,17-18,20-21,33H2,1-2H3/t22-,23-,30-/m0/s1. The third-order valence-electron chi connectivity index (χ3n) is 7.35. The lowest BCUT2D eigenvalue weighted by atomic mass is 10.0. The molecule has 41 heavy (non-hydrogen) atoms. The van der Waals surface area contributed by atoms with Crippen LogP contribution in [0.3, 0.4) is 0 Å². The maximum absolute atomic E-state index is 10.7. The van der Waals surface area contributed by atoms with Crippen molar-refractivity contribution in [3.05, 3.63) is 70.4 Å². The Hall–Kier alpha value is -2.82. The SMILES string of the molecule is C[C@H](O)CNC[C@H](C)c1c[nH]c([C@@H](O)COc2cc(CCc3cc(CO)c(CCCCCCCN)o3)ccc2O)c1. The fraction of sp³-hybridized carbons (Fsp3) is 0.562. The third kappa shape index (κ3) is 10.8. The lowest BCUT2D eigenvalue weighted by molar-refractivity contribution is 0.103. The highest BCUT2D eigenvalue weighted by Crippen LogP contribution is 2.29. The minimum atomic E-state index is -0.886. The van der Waals surface area contributed by atoms with Crippen molar-refractivity contribution in [3.63, 3.8) is 0 Å². The molecule has 228 valence electrons. The molecule has 0 radical (unpaired) electrons. The van der Waals surface area contributed by atoms with Crippen LogP contribution in [-0.4, -0.2) is 57.8 Å². The second kappa shape index (κ2) is 17.2. The first-order chi connectivity index (χ1) is 19.8. The summed E-state index contributed by atoms with van der Waals surface area (Å²) < 4.78 is 11.9. The van der Waals surface area contributed by atoms with E-state index in [4.69, 9.17) is 14.9 Å². The number of aromatic hydroxyl groups is 1. The van der Waals surface area contributed by atoms with Crippen LogP contribution in [-0.2, 0) is 25.9 Å². The van der Waals surface area contributed by atoms with E-state index in [9.17, 15) is 20.4 Å². The molecule has 0 saturated carbocycles. The van der Waals surface area contributed by atoms with Gasteiger partial charge in [0, 0.05) is 43.4 Å². The number of H-pyrrole nitrogens is 1. The fourth-order valence-electron chi connectivity index (χ4n) is 4.85. The van der Waals surface area contributed by atoms with Gasteiger partial charge in [-0.3, -0.25) is 0 Å². The van der Waals surface area contributed by atoms with Crippen molar-refractivity contribution in [3.8, 4) is 11.5 Å². The molecule has 8 N–H and O–H groups in total. The number of aliphatic hydroxyl groups is 3. The molecular formula is C32H49N3O6. The van der Waals surface area contributed by atoms with Gasteiger partial charge in [-0.2, -0.15) is 0 Å². The highest BCUT2D eigenvalue weighted by Gasteiger charge is 2.16. The first-order valence-corrected chi connectivity index (χ1v) is 14.9. The van der Waals surface area contributed by atoms with Gasteiger partial charge in [0.2, 0.25) is 0 Å². The number of rotatable bonds is 20. The zero-order valence-corrected chi connectivity index (χ0v) is 24.6. The Balaban J connectivity index is 1.50. The number of hydrogen-bond donors (Lipinski definition) is 7. The van der Waals surface area contributed by atoms with Gasteiger partial charge in [-0.1, -0.05) is 32.3 Å². The first-order valence-electron chi connectivity index (χ1n) is 14.9. The van der Waals surface area contributed by atoms with E-state index in [2.05, 4.69) is 17.2 Å². The van der Waals surface area contributed by atoms with Crippen molar-refractivity contribution >= 4 is 0 Å². The van der Waals surface area contributed by atoms with Crippen molar-refractivity contribution in [1.82, 2.24) is 10.3 Å². The number of aromatic amines is 1. The minimum absolute atomic E-state index is 0.0141. The molecule has 2 aromatic heterocycles. The Kier molecular flexibility index (Phi) is 13.7. The maximum Gasteiger partial charge on any atom is 0.161 e. The average molecular weight is 572 g/mol. The number of benzene rings is 1. The van der Waals surface area contributed by atoms with Crippen molar-refractivity contribution in [2.45, 2.75) is 89.9 Å². The molecule has 0 aliphatic carbocycles. The number of aromatic nitrogens is 1. The van der Waals surface area contributed by atoms with Crippen LogP contribution in [0.5, 0.6) is 11.5 Å². The number of hydrogen-bond acceptors (Lipinski definition) is 8. The van der Waals surface area contributed by atoms with Crippen LogP contribution < -0.4 is 15.8 Å². The first kappa shape index (κ1) is 32.7. The Bertz CT molecular complexity index is 1160. The second-order valence-corrected chi connectivity index (χ2v) is 11.1. The Morgan fingerprint density at radius 3 is 2.51 bits per heavy atom. The summed E-state index contributed by atoms with van der Waals surface area (Å²) in [6, 6.07) is 9.09. The van der Waals surface area contributed by atoms with Gasteiger partial charge in [0.25, 0.3) is 0 Å². The quantitative estimate of drug-likeness (QED) is 0.0993. The van der Waals surface area contributed by atoms with Gasteiger partial charge in [-0.05, 0) is 74.0 Å². The van der Waals surface area contributed by atoms with Crippen molar-refractivity contribution in [2.24, 2.45) is 5.73 Å². The van der Waals surface area contributed by atoms with Crippen LogP contribution >= 0.6 is 0 Å². The molecule has 0 fully saturated rings. The van der Waals surface area contributed by atoms with Crippen LogP contribution in [0.4, 0.5) is 0 Å². The van der Waals surface area contributed by atoms with Gasteiger partial charge in [-0.15, -0.1) is 0 Å². The Morgan fingerprint density at radius 1 is 0.976 bits per heavy atom. The van der Waals surface area contributed by atoms with Crippen LogP contribution in [0.1, 0.15) is 91.9 Å². The summed E-state index contributed by atoms with van der Waals surface area (Å²) in [5, 5.41) is 43.4. The summed E-state index contributed by atoms with van der Waals surface area (Å²) in [5.74, 6) is 2.23. The van der Waals surface area contributed by atoms with E-state index < -0.39 is 12.2 Å². The van der Waals surface area contributed by atoms with Gasteiger partial charge in [0.05, 0.1) is 12.7 Å². The molecule has 9 nitrogen and oxygen atoms in total. The minimum Gasteiger partial charge on any atom is -0.504 e. The number of ether oxygens (including phenoxy) is 1. The smallest absolute Gasteiger partial charge is 0.161 e. The monoisotopic (exact) mass is 571 g/mol. The maximum atomic E-state index is 10.7. The van der Waals surface area contributed by atoms with Crippen LogP contribution in [0.2, 0.25) is 0 Å². The molecule has 3 rings (SSSR count). The molecular weight excluding hydrogens is 522 g/mol. The lowest BCUT2D eigenvalue weighted by Gasteiger charge is -2.14. The summed E-state index contributed by atoms with van der Waals surface area (Å²) in [7, 11) is 0. The number of furan rings is 1. The van der Waals surface area contributed by atoms with E-state index in [0.29, 0.717) is 37.4 Å². The Morgan fingerprint density at radius 2 is 1.76 bits per heavy atom. The normalized spacial score (nSPS) is 13.8. The molecule has 0 bridgehead atoms. The van der Waals surface area contributed by atoms with Crippen LogP contribution in [0, 0.1) is 0 Å². The zero-order chi connectivity index (χ0) is 29.6. The molecule has 0 saturated heterocycles. The topological polar surface area (TPSA) is 157 Å². The van der Waals surface area contributed by atoms with E-state index in [1.54, 1.807) is 19.1 Å². The van der Waals surface area contributed by atoms with E-state index >= 15 is 0 Å². The average Bonchev–Trinajstić information content (AvgIpc) is 3.61. The lowest BCUT2D eigenvalue weighted by Crippen LogP contribution is -2.27. The largest absolute Gasteiger partial charge is 0.504 e. The van der Waals surface area contributed by atoms with Gasteiger partial charge < -0.3 is 45.6 Å². The van der Waals surface area contributed by atoms with Gasteiger partial charge >= 0.3 is 0 Å². The van der Waals surface area contributed by atoms with Gasteiger partial charge in [-0.25, -0.2) is 0 Å². The molecule has 3 aromatic rings. The fourth-order valence-corrected chi connectivity index (χ4v) is 4.85. The molecule has 0 unspecified atom stereocenters. The molecule has 2 heterocycles. The number of nitrogens with one attached hydrogen (secondary N) is 2. The van der Waals surface area contributed by atoms with Gasteiger partial charge in [0.15, 0.2) is 11.5 Å². The Labute approximate surface area is 243 Å². The number of phenolic OH excluding ortho intramolecular Hbond substituents is 1. The highest BCUT2D eigenvalue weighted by atomic mass is 16.5. The predicted molar refractivity (Wildman–Crippen MR) is 160 cm³/mol.